The van der Waals surface area contributed by atoms with Gasteiger partial charge in [-0.1, -0.05) is 39.2 Å². The second-order valence-corrected chi connectivity index (χ2v) is 3.60. The fraction of sp³-hybridized carbons (Fsp3) is 0.333. The molecule has 0 aliphatic rings. The van der Waals surface area contributed by atoms with Gasteiger partial charge in [0.05, 0.1) is 6.10 Å². The van der Waals surface area contributed by atoms with Crippen molar-refractivity contribution in [2.75, 3.05) is 5.33 Å². The number of aliphatic hydroxyl groups excluding tert-OH is 2. The topological polar surface area (TPSA) is 89.2 Å². The molecule has 1 aromatic carbocycles. The van der Waals surface area contributed by atoms with Crippen LogP contribution in [0.15, 0.2) is 29.4 Å². The molecular formula is C9H10BrN3O2. The van der Waals surface area contributed by atoms with Gasteiger partial charge in [0, 0.05) is 15.9 Å². The number of rotatable bonds is 4. The van der Waals surface area contributed by atoms with Crippen LogP contribution in [-0.4, -0.2) is 21.6 Å². The third kappa shape index (κ3) is 3.21. The quantitative estimate of drug-likeness (QED) is 0.381. The first-order chi connectivity index (χ1) is 7.19. The molecule has 2 atom stereocenters. The molecule has 1 aromatic rings. The molecule has 0 aromatic heterocycles. The van der Waals surface area contributed by atoms with Crippen LogP contribution in [0.5, 0.6) is 0 Å². The Hall–Kier alpha value is -1.07. The summed E-state index contributed by atoms with van der Waals surface area (Å²) in [6.07, 6.45) is -1.87. The molecule has 6 heteroatoms. The lowest BCUT2D eigenvalue weighted by Gasteiger charge is -2.15. The molecule has 0 bridgehead atoms. The van der Waals surface area contributed by atoms with Crippen molar-refractivity contribution in [1.82, 2.24) is 0 Å². The molecule has 0 aliphatic carbocycles. The van der Waals surface area contributed by atoms with Crippen molar-refractivity contribution in [3.8, 4) is 0 Å². The van der Waals surface area contributed by atoms with Crippen LogP contribution in [0.2, 0.25) is 0 Å². The Balaban J connectivity index is 2.94. The first-order valence-electron chi connectivity index (χ1n) is 4.26. The smallest absolute Gasteiger partial charge is 0.106 e. The van der Waals surface area contributed by atoms with Gasteiger partial charge in [-0.3, -0.25) is 0 Å². The van der Waals surface area contributed by atoms with Crippen molar-refractivity contribution in [1.29, 1.82) is 0 Å². The Bertz CT molecular complexity index is 379. The number of nitrogens with zero attached hydrogens (tertiary/aromatic N) is 3. The number of azide groups is 1. The molecule has 0 amide bonds. The summed E-state index contributed by atoms with van der Waals surface area (Å²) in [5.41, 5.74) is 9.18. The third-order valence-electron chi connectivity index (χ3n) is 1.89. The van der Waals surface area contributed by atoms with Crippen LogP contribution >= 0.6 is 15.9 Å². The standard InChI is InChI=1S/C9H10BrN3O2/c10-5-8(14)9(15)6-2-1-3-7(4-6)12-13-11/h1-4,8-9,14-15H,5H2. The van der Waals surface area contributed by atoms with Gasteiger partial charge < -0.3 is 10.2 Å². The van der Waals surface area contributed by atoms with Crippen molar-refractivity contribution in [2.45, 2.75) is 12.2 Å². The summed E-state index contributed by atoms with van der Waals surface area (Å²) in [6.45, 7) is 0. The average Bonchev–Trinajstić information content (AvgIpc) is 2.28. The van der Waals surface area contributed by atoms with Crippen molar-refractivity contribution in [2.24, 2.45) is 5.11 Å². The molecule has 2 N–H and O–H groups in total. The fourth-order valence-electron chi connectivity index (χ4n) is 1.13. The summed E-state index contributed by atoms with van der Waals surface area (Å²) < 4.78 is 0. The van der Waals surface area contributed by atoms with E-state index in [0.29, 0.717) is 11.3 Å². The van der Waals surface area contributed by atoms with Gasteiger partial charge in [-0.2, -0.15) is 0 Å². The number of benzene rings is 1. The monoisotopic (exact) mass is 271 g/mol. The molecule has 2 unspecified atom stereocenters. The predicted molar refractivity (Wildman–Crippen MR) is 60.0 cm³/mol. The largest absolute Gasteiger partial charge is 0.389 e. The minimum atomic E-state index is -0.988. The fourth-order valence-corrected chi connectivity index (χ4v) is 1.48. The minimum Gasteiger partial charge on any atom is -0.389 e. The van der Waals surface area contributed by atoms with Gasteiger partial charge in [0.2, 0.25) is 0 Å². The van der Waals surface area contributed by atoms with Gasteiger partial charge in [0.1, 0.15) is 6.10 Å². The van der Waals surface area contributed by atoms with Crippen molar-refractivity contribution >= 4 is 21.6 Å². The Morgan fingerprint density at radius 1 is 1.47 bits per heavy atom. The van der Waals surface area contributed by atoms with Crippen LogP contribution < -0.4 is 0 Å². The van der Waals surface area contributed by atoms with Gasteiger partial charge in [0.15, 0.2) is 0 Å². The number of alkyl halides is 1. The van der Waals surface area contributed by atoms with E-state index >= 15 is 0 Å². The van der Waals surface area contributed by atoms with Crippen LogP contribution in [0.3, 0.4) is 0 Å². The number of hydrogen-bond donors (Lipinski definition) is 2. The Morgan fingerprint density at radius 3 is 2.80 bits per heavy atom. The Morgan fingerprint density at radius 2 is 2.20 bits per heavy atom. The van der Waals surface area contributed by atoms with E-state index in [1.54, 1.807) is 18.2 Å². The number of aliphatic hydroxyl groups is 2. The van der Waals surface area contributed by atoms with Crippen molar-refractivity contribution in [3.63, 3.8) is 0 Å². The van der Waals surface area contributed by atoms with Gasteiger partial charge in [-0.25, -0.2) is 0 Å². The van der Waals surface area contributed by atoms with E-state index in [1.807, 2.05) is 0 Å². The van der Waals surface area contributed by atoms with Crippen molar-refractivity contribution < 1.29 is 10.2 Å². The van der Waals surface area contributed by atoms with Crippen LogP contribution in [0.4, 0.5) is 5.69 Å². The molecule has 0 radical (unpaired) electrons. The van der Waals surface area contributed by atoms with Crippen LogP contribution in [-0.2, 0) is 0 Å². The van der Waals surface area contributed by atoms with Gasteiger partial charge in [-0.05, 0) is 17.2 Å². The van der Waals surface area contributed by atoms with E-state index in [1.165, 1.54) is 6.07 Å². The van der Waals surface area contributed by atoms with E-state index in [4.69, 9.17) is 5.53 Å². The van der Waals surface area contributed by atoms with E-state index in [9.17, 15) is 10.2 Å². The maximum atomic E-state index is 9.67. The van der Waals surface area contributed by atoms with Gasteiger partial charge in [0.25, 0.3) is 0 Å². The molecule has 1 rings (SSSR count). The zero-order valence-corrected chi connectivity index (χ0v) is 9.37. The molecule has 0 heterocycles. The summed E-state index contributed by atoms with van der Waals surface area (Å²) in [4.78, 5) is 2.64. The highest BCUT2D eigenvalue weighted by molar-refractivity contribution is 9.09. The summed E-state index contributed by atoms with van der Waals surface area (Å²) in [6, 6.07) is 6.48. The molecule has 0 aliphatic heterocycles. The zero-order valence-electron chi connectivity index (χ0n) is 7.79. The second-order valence-electron chi connectivity index (χ2n) is 2.95. The highest BCUT2D eigenvalue weighted by Gasteiger charge is 2.16. The zero-order chi connectivity index (χ0) is 11.3. The average molecular weight is 272 g/mol. The number of hydrogen-bond acceptors (Lipinski definition) is 3. The first-order valence-corrected chi connectivity index (χ1v) is 5.38. The molecule has 80 valence electrons. The lowest BCUT2D eigenvalue weighted by Crippen LogP contribution is -2.19. The van der Waals surface area contributed by atoms with E-state index < -0.39 is 12.2 Å². The SMILES string of the molecule is [N-]=[N+]=Nc1cccc(C(O)C(O)CBr)c1. The summed E-state index contributed by atoms with van der Waals surface area (Å²) in [5.74, 6) is 0. The Labute approximate surface area is 95.1 Å². The van der Waals surface area contributed by atoms with Crippen molar-refractivity contribution in [3.05, 3.63) is 40.3 Å². The maximum absolute atomic E-state index is 9.67. The first kappa shape index (κ1) is 12.0. The summed E-state index contributed by atoms with van der Waals surface area (Å²) in [5, 5.41) is 22.8. The highest BCUT2D eigenvalue weighted by atomic mass is 79.9. The maximum Gasteiger partial charge on any atom is 0.106 e. The molecule has 15 heavy (non-hydrogen) atoms. The van der Waals surface area contributed by atoms with Crippen LogP contribution in [0.25, 0.3) is 10.4 Å². The summed E-state index contributed by atoms with van der Waals surface area (Å²) >= 11 is 3.07. The Kier molecular flexibility index (Phi) is 4.58. The lowest BCUT2D eigenvalue weighted by molar-refractivity contribution is 0.0343. The number of halogens is 1. The lowest BCUT2D eigenvalue weighted by atomic mass is 10.1. The van der Waals surface area contributed by atoms with Gasteiger partial charge >= 0.3 is 0 Å². The normalized spacial score (nSPS) is 14.1. The predicted octanol–water partition coefficient (Wildman–Crippen LogP) is 2.42. The molecule has 0 spiro atoms. The van der Waals surface area contributed by atoms with E-state index in [2.05, 4.69) is 26.0 Å². The van der Waals surface area contributed by atoms with Crippen LogP contribution in [0, 0.1) is 0 Å². The van der Waals surface area contributed by atoms with Gasteiger partial charge in [-0.15, -0.1) is 0 Å². The second kappa shape index (κ2) is 5.72. The molecule has 5 nitrogen and oxygen atoms in total. The molecule has 0 saturated carbocycles. The molecular weight excluding hydrogens is 262 g/mol. The summed E-state index contributed by atoms with van der Waals surface area (Å²) in [7, 11) is 0. The molecule has 0 saturated heterocycles. The van der Waals surface area contributed by atoms with Crippen LogP contribution in [0.1, 0.15) is 11.7 Å². The third-order valence-corrected chi connectivity index (χ3v) is 2.56. The molecule has 0 fully saturated rings. The highest BCUT2D eigenvalue weighted by Crippen LogP contribution is 2.22. The van der Waals surface area contributed by atoms with E-state index in [-0.39, 0.29) is 5.33 Å². The minimum absolute atomic E-state index is 0.278. The van der Waals surface area contributed by atoms with E-state index in [0.717, 1.165) is 0 Å².